The number of ether oxygens (including phenoxy) is 20. The smallest absolute Gasteiger partial charge is 0.303 e. The Bertz CT molecular complexity index is 4290. The predicted molar refractivity (Wildman–Crippen MR) is 434 cm³/mol. The van der Waals surface area contributed by atoms with Crippen LogP contribution in [0.3, 0.4) is 0 Å². The molecule has 8 aromatic rings. The van der Waals surface area contributed by atoms with Gasteiger partial charge in [-0.05, 0) is 86.1 Å². The lowest BCUT2D eigenvalue weighted by molar-refractivity contribution is -0.409. The zero-order valence-electron chi connectivity index (χ0n) is 68.6. The molecule has 630 valence electrons. The van der Waals surface area contributed by atoms with Gasteiger partial charge in [0.1, 0.15) is 85.4 Å². The minimum Gasteiger partial charge on any atom is -0.454 e. The maximum absolute atomic E-state index is 14.4. The van der Waals surface area contributed by atoms with Gasteiger partial charge in [-0.1, -0.05) is 250 Å². The summed E-state index contributed by atoms with van der Waals surface area (Å²) in [6.07, 6.45) is -22.8. The fourth-order valence-corrected chi connectivity index (χ4v) is 16.4. The molecule has 6 fully saturated rings. The van der Waals surface area contributed by atoms with Gasteiger partial charge in [-0.2, -0.15) is 0 Å². The molecule has 0 aromatic heterocycles. The molecule has 8 aromatic carbocycles. The van der Waals surface area contributed by atoms with Crippen molar-refractivity contribution in [3.05, 3.63) is 287 Å². The number of carbonyl (C=O) groups is 2. The van der Waals surface area contributed by atoms with Gasteiger partial charge in [0.2, 0.25) is 5.91 Å². The largest absolute Gasteiger partial charge is 0.454 e. The number of fused-ring (bicyclic) bond motifs is 1. The third kappa shape index (κ3) is 22.9. The number of hydrogen-bond acceptors (Lipinski definition) is 22. The highest BCUT2D eigenvalue weighted by molar-refractivity contribution is 5.73. The Labute approximate surface area is 692 Å². The van der Waals surface area contributed by atoms with Crippen molar-refractivity contribution in [1.29, 1.82) is 0 Å². The lowest BCUT2D eigenvalue weighted by atomic mass is 9.91. The minimum absolute atomic E-state index is 0.0300. The van der Waals surface area contributed by atoms with E-state index >= 15 is 0 Å². The van der Waals surface area contributed by atoms with Crippen molar-refractivity contribution in [1.82, 2.24) is 5.32 Å². The van der Waals surface area contributed by atoms with E-state index in [9.17, 15) is 9.59 Å². The number of esters is 1. The Hall–Kier alpha value is -8.06. The summed E-state index contributed by atoms with van der Waals surface area (Å²) in [6, 6.07) is 77.9. The van der Waals surface area contributed by atoms with Gasteiger partial charge in [0.15, 0.2) is 37.1 Å². The van der Waals surface area contributed by atoms with E-state index in [2.05, 4.69) is 5.32 Å². The summed E-state index contributed by atoms with van der Waals surface area (Å²) < 4.78 is 142. The third-order valence-corrected chi connectivity index (χ3v) is 22.3. The van der Waals surface area contributed by atoms with Crippen molar-refractivity contribution in [3.63, 3.8) is 0 Å². The van der Waals surface area contributed by atoms with Gasteiger partial charge >= 0.3 is 5.97 Å². The topological polar surface area (TPSA) is 231 Å². The highest BCUT2D eigenvalue weighted by Gasteiger charge is 2.61. The van der Waals surface area contributed by atoms with Crippen LogP contribution in [0.1, 0.15) is 107 Å². The van der Waals surface area contributed by atoms with Gasteiger partial charge in [-0.3, -0.25) is 9.59 Å². The first-order valence-electron chi connectivity index (χ1n) is 41.3. The summed E-state index contributed by atoms with van der Waals surface area (Å²) in [6.45, 7) is 17.5. The summed E-state index contributed by atoms with van der Waals surface area (Å²) in [5.41, 5.74) is 7.40. The Morgan fingerprint density at radius 3 is 1.13 bits per heavy atom. The van der Waals surface area contributed by atoms with Crippen molar-refractivity contribution in [2.45, 2.75) is 268 Å². The Morgan fingerprint density at radius 1 is 0.347 bits per heavy atom. The van der Waals surface area contributed by atoms with Crippen molar-refractivity contribution in [2.75, 3.05) is 13.2 Å². The SMILES string of the molecule is CC(=O)NC1[C@H](OC2[C@H](C)OC(C)[C@@H](OCc3ccccc3)[C@@H]2O[C@H]2O[C@@H](COCc3ccccc3)[C@H](OCc3ccccc3)C(OCc3ccccc3)C2OCc2ccccc2)OC2COC(C)(C)O[C@H]2[C@@H]1O[C@@H]1OC(C)[C@@H](OCc2ccccc2)[C@H](O[C@@H]2OC(C)[C@@H](OCc3ccccc3)[C@H](OCc3ccccc3)C2C)C1OC(C)=O. The molecule has 0 bridgehead atoms. The second-order valence-corrected chi connectivity index (χ2v) is 31.7. The fourth-order valence-electron chi connectivity index (χ4n) is 16.4. The van der Waals surface area contributed by atoms with E-state index in [1.54, 1.807) is 13.8 Å². The average molecular weight is 1620 g/mol. The van der Waals surface area contributed by atoms with Gasteiger partial charge in [0.05, 0.1) is 96.6 Å². The molecule has 1 amide bonds. The second kappa shape index (κ2) is 42.0. The van der Waals surface area contributed by atoms with Crippen molar-refractivity contribution in [3.8, 4) is 0 Å². The van der Waals surface area contributed by atoms with E-state index in [1.807, 2.05) is 277 Å². The Balaban J connectivity index is 0.826. The molecule has 1 N–H and O–H groups in total. The maximum atomic E-state index is 14.4. The summed E-state index contributed by atoms with van der Waals surface area (Å²) in [7, 11) is 0. The Kier molecular flexibility index (Phi) is 30.7. The molecule has 23 heteroatoms. The summed E-state index contributed by atoms with van der Waals surface area (Å²) >= 11 is 0. The Morgan fingerprint density at radius 2 is 0.686 bits per heavy atom. The molecule has 6 saturated heterocycles. The monoisotopic (exact) mass is 1620 g/mol. The molecule has 118 heavy (non-hydrogen) atoms. The highest BCUT2D eigenvalue weighted by atomic mass is 16.8. The maximum Gasteiger partial charge on any atom is 0.303 e. The number of rotatable bonds is 35. The number of carbonyl (C=O) groups excluding carboxylic acids is 2. The summed E-state index contributed by atoms with van der Waals surface area (Å²) in [4.78, 5) is 28.5. The predicted octanol–water partition coefficient (Wildman–Crippen LogP) is 13.8. The molecule has 0 aliphatic carbocycles. The summed E-state index contributed by atoms with van der Waals surface area (Å²) in [5.74, 6) is -2.90. The number of amides is 1. The molecule has 0 spiro atoms. The van der Waals surface area contributed by atoms with Gasteiger partial charge in [0, 0.05) is 19.8 Å². The third-order valence-electron chi connectivity index (χ3n) is 22.3. The molecular formula is C95H113NO22. The number of benzene rings is 8. The van der Waals surface area contributed by atoms with Gasteiger partial charge in [0.25, 0.3) is 0 Å². The molecule has 25 atom stereocenters. The van der Waals surface area contributed by atoms with Crippen LogP contribution in [0.4, 0.5) is 0 Å². The molecule has 0 saturated carbocycles. The first-order valence-corrected chi connectivity index (χ1v) is 41.3. The van der Waals surface area contributed by atoms with Crippen molar-refractivity contribution in [2.24, 2.45) is 5.92 Å². The molecule has 6 heterocycles. The molecule has 6 aliphatic heterocycles. The van der Waals surface area contributed by atoms with Crippen LogP contribution in [0.25, 0.3) is 0 Å². The van der Waals surface area contributed by atoms with Crippen LogP contribution in [0.2, 0.25) is 0 Å². The van der Waals surface area contributed by atoms with Crippen LogP contribution in [-0.2, 0) is 157 Å². The zero-order valence-corrected chi connectivity index (χ0v) is 68.6. The average Bonchev–Trinajstić information content (AvgIpc) is 0.750. The van der Waals surface area contributed by atoms with Crippen LogP contribution < -0.4 is 5.32 Å². The van der Waals surface area contributed by atoms with E-state index < -0.39 is 171 Å². The van der Waals surface area contributed by atoms with E-state index in [4.69, 9.17) is 94.7 Å². The lowest BCUT2D eigenvalue weighted by Crippen LogP contribution is -2.72. The quantitative estimate of drug-likeness (QED) is 0.0364. The van der Waals surface area contributed by atoms with Gasteiger partial charge in [-0.15, -0.1) is 0 Å². The molecular weight excluding hydrogens is 1510 g/mol. The fraction of sp³-hybridized carbons (Fsp3) is 0.474. The number of nitrogens with one attached hydrogen (secondary N) is 1. The van der Waals surface area contributed by atoms with Gasteiger partial charge in [-0.25, -0.2) is 0 Å². The molecule has 6 aliphatic rings. The molecule has 0 radical (unpaired) electrons. The molecule has 10 unspecified atom stereocenters. The standard InChI is InChI=1S/C95H113NO22/c1-60-78(100-51-68-36-20-11-21-37-68)79(101-52-69-38-22-12-23-39-69)62(3)109-91(60)116-88-81(103-54-71-42-26-14-27-43-71)63(4)110-94(90(88)111-66(7)98)115-85-77(96-65(6)97)92(112-76-59-107-95(8,9)118-84(76)85)114-82-64(5)108-61(2)80(102-53-70-40-24-13-25-41-70)87(82)117-93-89(106-57-74-48-32-17-33-49-74)86(105-56-73-46-30-16-31-47-73)83(104-55-72-44-28-15-29-45-72)75(113-93)58-99-50-67-34-18-10-19-35-67/h10-49,60-64,75-94H,50-59H2,1-9H3,(H,96,97)/t60?,61?,62?,63?,64-,75-,76?,77?,78+,79+,80+,81+,82?,83-,84+,85+,86?,87-,88-,89?,90?,91-,92-,93+,94-/m0/s1. The molecule has 14 rings (SSSR count). The van der Waals surface area contributed by atoms with E-state index in [1.165, 1.54) is 13.8 Å². The van der Waals surface area contributed by atoms with Crippen LogP contribution in [0.5, 0.6) is 0 Å². The van der Waals surface area contributed by atoms with Crippen LogP contribution in [0.15, 0.2) is 243 Å². The molecule has 23 nitrogen and oxygen atoms in total. The highest BCUT2D eigenvalue weighted by Crippen LogP contribution is 2.43. The first-order chi connectivity index (χ1) is 57.4. The van der Waals surface area contributed by atoms with Crippen LogP contribution in [-0.4, -0.2) is 178 Å². The van der Waals surface area contributed by atoms with Gasteiger partial charge < -0.3 is 100 Å². The summed E-state index contributed by atoms with van der Waals surface area (Å²) in [5, 5.41) is 3.19. The van der Waals surface area contributed by atoms with E-state index in [0.717, 1.165) is 44.5 Å². The van der Waals surface area contributed by atoms with E-state index in [0.29, 0.717) is 6.61 Å². The first kappa shape index (κ1) is 86.3. The normalized spacial score (nSPS) is 32.1. The van der Waals surface area contributed by atoms with Crippen LogP contribution >= 0.6 is 0 Å². The van der Waals surface area contributed by atoms with Crippen molar-refractivity contribution >= 4 is 11.9 Å². The van der Waals surface area contributed by atoms with E-state index in [-0.39, 0.29) is 59.5 Å². The zero-order chi connectivity index (χ0) is 81.9. The number of hydrogen-bond donors (Lipinski definition) is 1. The van der Waals surface area contributed by atoms with Crippen LogP contribution in [0, 0.1) is 5.92 Å². The lowest BCUT2D eigenvalue weighted by Gasteiger charge is -2.54. The second-order valence-electron chi connectivity index (χ2n) is 31.7. The van der Waals surface area contributed by atoms with Crippen molar-refractivity contribution < 1.29 is 104 Å². The minimum atomic E-state index is -1.48.